The van der Waals surface area contributed by atoms with Gasteiger partial charge in [0.1, 0.15) is 6.54 Å². The van der Waals surface area contributed by atoms with Gasteiger partial charge in [-0.05, 0) is 38.7 Å². The maximum atomic E-state index is 6.18. The molecule has 3 rings (SSSR count). The van der Waals surface area contributed by atoms with E-state index in [0.717, 1.165) is 39.0 Å². The molecule has 1 aliphatic rings. The molecule has 140 valence electrons. The van der Waals surface area contributed by atoms with Gasteiger partial charge in [0.05, 0.1) is 12.1 Å². The average Bonchev–Trinajstić information content (AvgIpc) is 2.67. The molecule has 2 atom stereocenters. The van der Waals surface area contributed by atoms with Crippen LogP contribution in [-0.4, -0.2) is 18.8 Å². The molecule has 2 heteroatoms. The summed E-state index contributed by atoms with van der Waals surface area (Å²) in [5.74, 6) is 0. The summed E-state index contributed by atoms with van der Waals surface area (Å²) < 4.78 is 6.18. The van der Waals surface area contributed by atoms with Gasteiger partial charge in [0.2, 0.25) is 0 Å². The van der Waals surface area contributed by atoms with Crippen LogP contribution in [0.5, 0.6) is 0 Å². The second kappa shape index (κ2) is 8.37. The van der Waals surface area contributed by atoms with Crippen molar-refractivity contribution in [3.63, 3.8) is 0 Å². The molecule has 2 nitrogen and oxygen atoms in total. The molecule has 26 heavy (non-hydrogen) atoms. The Kier molecular flexibility index (Phi) is 6.16. The standard InChI is InChI=1S/C24H33NO/c1-4-23(3)19-24(15-17-26-23,22-12-10-20(2)11-13-22)14-16-25-18-21-8-6-5-7-9-21/h5-13,25H,4,14-19H2,1-3H3/p+1/t23-,24+/m0/s1. The lowest BCUT2D eigenvalue weighted by atomic mass is 9.66. The highest BCUT2D eigenvalue weighted by Gasteiger charge is 2.43. The zero-order valence-electron chi connectivity index (χ0n) is 16.6. The molecule has 0 spiro atoms. The first-order valence-corrected chi connectivity index (χ1v) is 10.1. The maximum absolute atomic E-state index is 6.18. The topological polar surface area (TPSA) is 25.8 Å². The van der Waals surface area contributed by atoms with E-state index in [1.807, 2.05) is 0 Å². The normalized spacial score (nSPS) is 26.0. The Morgan fingerprint density at radius 2 is 1.77 bits per heavy atom. The molecule has 0 bridgehead atoms. The van der Waals surface area contributed by atoms with Gasteiger partial charge in [-0.1, -0.05) is 67.1 Å². The van der Waals surface area contributed by atoms with Crippen LogP contribution in [0.25, 0.3) is 0 Å². The van der Waals surface area contributed by atoms with Gasteiger partial charge in [0.25, 0.3) is 0 Å². The van der Waals surface area contributed by atoms with E-state index in [2.05, 4.69) is 80.7 Å². The van der Waals surface area contributed by atoms with Crippen molar-refractivity contribution in [3.8, 4) is 0 Å². The third-order valence-corrected chi connectivity index (χ3v) is 6.21. The summed E-state index contributed by atoms with van der Waals surface area (Å²) in [6.45, 7) is 9.81. The minimum absolute atomic E-state index is 0.00255. The van der Waals surface area contributed by atoms with Gasteiger partial charge in [-0.15, -0.1) is 0 Å². The monoisotopic (exact) mass is 352 g/mol. The molecular weight excluding hydrogens is 318 g/mol. The van der Waals surface area contributed by atoms with Crippen LogP contribution in [0.1, 0.15) is 56.2 Å². The smallest absolute Gasteiger partial charge is 0.101 e. The van der Waals surface area contributed by atoms with Crippen LogP contribution in [0.3, 0.4) is 0 Å². The fraction of sp³-hybridized carbons (Fsp3) is 0.500. The minimum atomic E-state index is 0.00255. The van der Waals surface area contributed by atoms with E-state index >= 15 is 0 Å². The molecule has 2 N–H and O–H groups in total. The quantitative estimate of drug-likeness (QED) is 0.736. The molecule has 1 aliphatic heterocycles. The summed E-state index contributed by atoms with van der Waals surface area (Å²) in [7, 11) is 0. The summed E-state index contributed by atoms with van der Waals surface area (Å²) in [5, 5.41) is 2.46. The molecule has 0 saturated carbocycles. The van der Waals surface area contributed by atoms with Gasteiger partial charge < -0.3 is 10.1 Å². The highest BCUT2D eigenvalue weighted by Crippen LogP contribution is 2.45. The third kappa shape index (κ3) is 4.55. The van der Waals surface area contributed by atoms with Crippen molar-refractivity contribution < 1.29 is 10.1 Å². The molecule has 1 heterocycles. The number of nitrogens with two attached hydrogens (primary N) is 1. The molecular formula is C24H34NO+. The van der Waals surface area contributed by atoms with Crippen molar-refractivity contribution in [3.05, 3.63) is 71.3 Å². The Labute approximate surface area is 159 Å². The lowest BCUT2D eigenvalue weighted by Crippen LogP contribution is -2.83. The van der Waals surface area contributed by atoms with Gasteiger partial charge >= 0.3 is 0 Å². The fourth-order valence-corrected chi connectivity index (χ4v) is 4.35. The van der Waals surface area contributed by atoms with Gasteiger partial charge in [0.15, 0.2) is 0 Å². The van der Waals surface area contributed by atoms with E-state index in [-0.39, 0.29) is 11.0 Å². The molecule has 0 aliphatic carbocycles. The molecule has 1 saturated heterocycles. The van der Waals surface area contributed by atoms with Gasteiger partial charge in [-0.25, -0.2) is 0 Å². The number of ether oxygens (including phenoxy) is 1. The van der Waals surface area contributed by atoms with Gasteiger partial charge in [-0.2, -0.15) is 0 Å². The van der Waals surface area contributed by atoms with Crippen LogP contribution in [0.4, 0.5) is 0 Å². The first kappa shape index (κ1) is 19.1. The van der Waals surface area contributed by atoms with E-state index in [1.165, 1.54) is 23.1 Å². The van der Waals surface area contributed by atoms with Crippen LogP contribution >= 0.6 is 0 Å². The van der Waals surface area contributed by atoms with Gasteiger partial charge in [0, 0.05) is 24.0 Å². The Hall–Kier alpha value is -1.64. The van der Waals surface area contributed by atoms with Crippen LogP contribution in [0.2, 0.25) is 0 Å². The van der Waals surface area contributed by atoms with Crippen molar-refractivity contribution in [2.75, 3.05) is 13.2 Å². The highest BCUT2D eigenvalue weighted by atomic mass is 16.5. The van der Waals surface area contributed by atoms with Crippen LogP contribution in [0, 0.1) is 6.92 Å². The molecule has 0 amide bonds. The number of hydrogen-bond acceptors (Lipinski definition) is 1. The maximum Gasteiger partial charge on any atom is 0.101 e. The van der Waals surface area contributed by atoms with E-state index < -0.39 is 0 Å². The predicted octanol–water partition coefficient (Wildman–Crippen LogP) is 4.37. The zero-order chi connectivity index (χ0) is 18.5. The molecule has 0 radical (unpaired) electrons. The molecule has 2 aromatic rings. The van der Waals surface area contributed by atoms with Crippen LogP contribution in [-0.2, 0) is 16.7 Å². The van der Waals surface area contributed by atoms with E-state index in [9.17, 15) is 0 Å². The summed E-state index contributed by atoms with van der Waals surface area (Å²) in [6.07, 6.45) is 4.54. The lowest BCUT2D eigenvalue weighted by Gasteiger charge is -2.46. The third-order valence-electron chi connectivity index (χ3n) is 6.21. The summed E-state index contributed by atoms with van der Waals surface area (Å²) in [6, 6.07) is 20.0. The fourth-order valence-electron chi connectivity index (χ4n) is 4.35. The van der Waals surface area contributed by atoms with E-state index in [1.54, 1.807) is 0 Å². The minimum Gasteiger partial charge on any atom is -0.375 e. The second-order valence-corrected chi connectivity index (χ2v) is 8.24. The van der Waals surface area contributed by atoms with Crippen molar-refractivity contribution >= 4 is 0 Å². The Morgan fingerprint density at radius 1 is 1.04 bits per heavy atom. The summed E-state index contributed by atoms with van der Waals surface area (Å²) in [4.78, 5) is 0. The number of hydrogen-bond donors (Lipinski definition) is 1. The van der Waals surface area contributed by atoms with Crippen LogP contribution < -0.4 is 5.32 Å². The Balaban J connectivity index is 1.72. The first-order chi connectivity index (χ1) is 12.6. The second-order valence-electron chi connectivity index (χ2n) is 8.24. The lowest BCUT2D eigenvalue weighted by molar-refractivity contribution is -0.672. The predicted molar refractivity (Wildman–Crippen MR) is 108 cm³/mol. The van der Waals surface area contributed by atoms with Crippen LogP contribution in [0.15, 0.2) is 54.6 Å². The number of quaternary nitrogens is 1. The van der Waals surface area contributed by atoms with Crippen molar-refractivity contribution in [2.24, 2.45) is 0 Å². The number of aryl methyl sites for hydroxylation is 1. The molecule has 0 aromatic heterocycles. The van der Waals surface area contributed by atoms with E-state index in [4.69, 9.17) is 4.74 Å². The van der Waals surface area contributed by atoms with Crippen molar-refractivity contribution in [2.45, 2.75) is 64.0 Å². The van der Waals surface area contributed by atoms with E-state index in [0.29, 0.717) is 0 Å². The van der Waals surface area contributed by atoms with Crippen molar-refractivity contribution in [1.29, 1.82) is 0 Å². The molecule has 0 unspecified atom stereocenters. The molecule has 1 fully saturated rings. The zero-order valence-corrected chi connectivity index (χ0v) is 16.6. The largest absolute Gasteiger partial charge is 0.375 e. The Bertz CT molecular complexity index is 681. The summed E-state index contributed by atoms with van der Waals surface area (Å²) >= 11 is 0. The Morgan fingerprint density at radius 3 is 2.46 bits per heavy atom. The summed E-state index contributed by atoms with van der Waals surface area (Å²) in [5.41, 5.74) is 4.48. The SMILES string of the molecule is CC[C@@]1(C)C[C@](CC[NH2+]Cc2ccccc2)(c2ccc(C)cc2)CCO1. The first-order valence-electron chi connectivity index (χ1n) is 10.1. The van der Waals surface area contributed by atoms with Gasteiger partial charge in [-0.3, -0.25) is 0 Å². The number of rotatable bonds is 7. The number of benzene rings is 2. The van der Waals surface area contributed by atoms with Crippen molar-refractivity contribution in [1.82, 2.24) is 0 Å². The highest BCUT2D eigenvalue weighted by molar-refractivity contribution is 5.30. The molecule has 2 aromatic carbocycles. The average molecular weight is 353 g/mol.